The largest absolute Gasteiger partial charge is 0.497 e. The highest BCUT2D eigenvalue weighted by Gasteiger charge is 2.15. The average molecular weight is 382 g/mol. The summed E-state index contributed by atoms with van der Waals surface area (Å²) in [5.74, 6) is 1.29. The minimum Gasteiger partial charge on any atom is -0.497 e. The van der Waals surface area contributed by atoms with Gasteiger partial charge >= 0.3 is 5.69 Å². The van der Waals surface area contributed by atoms with Gasteiger partial charge in [-0.2, -0.15) is 0 Å². The second-order valence-corrected chi connectivity index (χ2v) is 6.08. The van der Waals surface area contributed by atoms with Crippen molar-refractivity contribution in [3.8, 4) is 22.9 Å². The van der Waals surface area contributed by atoms with Crippen molar-refractivity contribution in [2.24, 2.45) is 7.05 Å². The van der Waals surface area contributed by atoms with Crippen LogP contribution in [0.3, 0.4) is 0 Å². The first-order chi connectivity index (χ1) is 13.5. The molecule has 1 heterocycles. The maximum absolute atomic E-state index is 12.4. The predicted octanol–water partition coefficient (Wildman–Crippen LogP) is 1.70. The SMILES string of the molecule is COc1ccc(C(=O)NCCn2nc(-c3ccccc3)n(C)c2=O)c(OC)c1. The Balaban J connectivity index is 1.69. The van der Waals surface area contributed by atoms with Crippen LogP contribution in [0.4, 0.5) is 0 Å². The molecule has 28 heavy (non-hydrogen) atoms. The lowest BCUT2D eigenvalue weighted by Gasteiger charge is -2.10. The Bertz CT molecular complexity index is 1020. The molecule has 0 atom stereocenters. The number of carbonyl (C=O) groups excluding carboxylic acids is 1. The Labute approximate surface area is 162 Å². The third-order valence-electron chi connectivity index (χ3n) is 4.34. The molecule has 0 saturated carbocycles. The molecule has 0 saturated heterocycles. The molecule has 1 amide bonds. The zero-order valence-electron chi connectivity index (χ0n) is 16.0. The molecular formula is C20H22N4O4. The number of aromatic nitrogens is 3. The summed E-state index contributed by atoms with van der Waals surface area (Å²) in [5, 5.41) is 7.17. The highest BCUT2D eigenvalue weighted by molar-refractivity contribution is 5.97. The van der Waals surface area contributed by atoms with Crippen LogP contribution < -0.4 is 20.5 Å². The first kappa shape index (κ1) is 19.2. The van der Waals surface area contributed by atoms with E-state index in [1.807, 2.05) is 30.3 Å². The Morgan fingerprint density at radius 3 is 2.54 bits per heavy atom. The Hall–Kier alpha value is -3.55. The normalized spacial score (nSPS) is 10.5. The van der Waals surface area contributed by atoms with E-state index < -0.39 is 0 Å². The molecular weight excluding hydrogens is 360 g/mol. The molecule has 2 aromatic carbocycles. The molecule has 0 radical (unpaired) electrons. The van der Waals surface area contributed by atoms with Crippen LogP contribution in [-0.2, 0) is 13.6 Å². The number of methoxy groups -OCH3 is 2. The summed E-state index contributed by atoms with van der Waals surface area (Å²) in [5.41, 5.74) is 1.00. The molecule has 0 aliphatic carbocycles. The number of hydrogen-bond donors (Lipinski definition) is 1. The number of hydrogen-bond acceptors (Lipinski definition) is 5. The van der Waals surface area contributed by atoms with Crippen LogP contribution >= 0.6 is 0 Å². The Morgan fingerprint density at radius 1 is 1.11 bits per heavy atom. The van der Waals surface area contributed by atoms with Gasteiger partial charge in [-0.3, -0.25) is 9.36 Å². The van der Waals surface area contributed by atoms with Crippen LogP contribution in [0.2, 0.25) is 0 Å². The van der Waals surface area contributed by atoms with Gasteiger partial charge in [0.2, 0.25) is 0 Å². The van der Waals surface area contributed by atoms with Crippen molar-refractivity contribution in [2.45, 2.75) is 6.54 Å². The van der Waals surface area contributed by atoms with Crippen molar-refractivity contribution < 1.29 is 14.3 Å². The first-order valence-corrected chi connectivity index (χ1v) is 8.74. The van der Waals surface area contributed by atoms with Gasteiger partial charge in [-0.05, 0) is 12.1 Å². The molecule has 8 nitrogen and oxygen atoms in total. The molecule has 8 heteroatoms. The lowest BCUT2D eigenvalue weighted by atomic mass is 10.1. The predicted molar refractivity (Wildman–Crippen MR) is 105 cm³/mol. The van der Waals surface area contributed by atoms with Crippen LogP contribution in [0.1, 0.15) is 10.4 Å². The van der Waals surface area contributed by atoms with Crippen molar-refractivity contribution in [3.05, 3.63) is 64.6 Å². The lowest BCUT2D eigenvalue weighted by Crippen LogP contribution is -2.31. The minimum atomic E-state index is -0.299. The molecule has 146 valence electrons. The minimum absolute atomic E-state index is 0.241. The molecule has 0 spiro atoms. The number of amides is 1. The summed E-state index contributed by atoms with van der Waals surface area (Å²) in [6.07, 6.45) is 0. The number of carbonyl (C=O) groups is 1. The highest BCUT2D eigenvalue weighted by Crippen LogP contribution is 2.24. The van der Waals surface area contributed by atoms with Gasteiger partial charge in [0.05, 0.1) is 26.3 Å². The molecule has 0 aliphatic heterocycles. The monoisotopic (exact) mass is 382 g/mol. The summed E-state index contributed by atoms with van der Waals surface area (Å²) in [6.45, 7) is 0.503. The Kier molecular flexibility index (Phi) is 5.78. The van der Waals surface area contributed by atoms with Crippen molar-refractivity contribution in [1.29, 1.82) is 0 Å². The zero-order chi connectivity index (χ0) is 20.1. The highest BCUT2D eigenvalue weighted by atomic mass is 16.5. The number of nitrogens with zero attached hydrogens (tertiary/aromatic N) is 3. The third-order valence-corrected chi connectivity index (χ3v) is 4.34. The smallest absolute Gasteiger partial charge is 0.345 e. The van der Waals surface area contributed by atoms with Gasteiger partial charge in [0, 0.05) is 25.2 Å². The van der Waals surface area contributed by atoms with Crippen LogP contribution in [0.25, 0.3) is 11.4 Å². The molecule has 0 unspecified atom stereocenters. The quantitative estimate of drug-likeness (QED) is 0.672. The molecule has 3 aromatic rings. The van der Waals surface area contributed by atoms with Crippen molar-refractivity contribution in [3.63, 3.8) is 0 Å². The fourth-order valence-corrected chi connectivity index (χ4v) is 2.83. The topological polar surface area (TPSA) is 87.4 Å². The second kappa shape index (κ2) is 8.43. The summed E-state index contributed by atoms with van der Waals surface area (Å²) in [7, 11) is 4.71. The van der Waals surface area contributed by atoms with E-state index in [1.165, 1.54) is 16.4 Å². The summed E-state index contributed by atoms with van der Waals surface area (Å²) < 4.78 is 13.2. The van der Waals surface area contributed by atoms with Crippen LogP contribution in [0.15, 0.2) is 53.3 Å². The lowest BCUT2D eigenvalue weighted by molar-refractivity contribution is 0.0948. The number of benzene rings is 2. The summed E-state index contributed by atoms with van der Waals surface area (Å²) >= 11 is 0. The third kappa shape index (κ3) is 3.90. The van der Waals surface area contributed by atoms with E-state index in [9.17, 15) is 9.59 Å². The van der Waals surface area contributed by atoms with E-state index in [1.54, 1.807) is 32.4 Å². The average Bonchev–Trinajstić information content (AvgIpc) is 3.02. The van der Waals surface area contributed by atoms with Crippen molar-refractivity contribution in [1.82, 2.24) is 19.7 Å². The van der Waals surface area contributed by atoms with Gasteiger partial charge in [-0.25, -0.2) is 9.48 Å². The van der Waals surface area contributed by atoms with E-state index >= 15 is 0 Å². The van der Waals surface area contributed by atoms with E-state index in [4.69, 9.17) is 9.47 Å². The van der Waals surface area contributed by atoms with Crippen LogP contribution in [-0.4, -0.2) is 41.0 Å². The molecule has 1 N–H and O–H groups in total. The fraction of sp³-hybridized carbons (Fsp3) is 0.250. The summed E-state index contributed by atoms with van der Waals surface area (Å²) in [6, 6.07) is 14.4. The van der Waals surface area contributed by atoms with Gasteiger partial charge in [-0.1, -0.05) is 30.3 Å². The molecule has 0 aliphatic rings. The van der Waals surface area contributed by atoms with Gasteiger partial charge in [-0.15, -0.1) is 5.10 Å². The maximum atomic E-state index is 12.4. The van der Waals surface area contributed by atoms with Crippen molar-refractivity contribution >= 4 is 5.91 Å². The van der Waals surface area contributed by atoms with E-state index in [0.29, 0.717) is 22.9 Å². The summed E-state index contributed by atoms with van der Waals surface area (Å²) in [4.78, 5) is 24.8. The van der Waals surface area contributed by atoms with Gasteiger partial charge in [0.15, 0.2) is 5.82 Å². The van der Waals surface area contributed by atoms with Crippen molar-refractivity contribution in [2.75, 3.05) is 20.8 Å². The Morgan fingerprint density at radius 2 is 1.86 bits per heavy atom. The molecule has 0 fully saturated rings. The molecule has 0 bridgehead atoms. The molecule has 3 rings (SSSR count). The van der Waals surface area contributed by atoms with E-state index in [0.717, 1.165) is 5.56 Å². The first-order valence-electron chi connectivity index (χ1n) is 8.74. The van der Waals surface area contributed by atoms with Gasteiger partial charge < -0.3 is 14.8 Å². The maximum Gasteiger partial charge on any atom is 0.345 e. The molecule has 1 aromatic heterocycles. The van der Waals surface area contributed by atoms with Gasteiger partial charge in [0.25, 0.3) is 5.91 Å². The fourth-order valence-electron chi connectivity index (χ4n) is 2.83. The van der Waals surface area contributed by atoms with E-state index in [-0.39, 0.29) is 24.7 Å². The van der Waals surface area contributed by atoms with Crippen LogP contribution in [0, 0.1) is 0 Å². The zero-order valence-corrected chi connectivity index (χ0v) is 16.0. The van der Waals surface area contributed by atoms with E-state index in [2.05, 4.69) is 10.4 Å². The second-order valence-electron chi connectivity index (χ2n) is 6.08. The number of rotatable bonds is 7. The number of nitrogens with one attached hydrogen (secondary N) is 1. The van der Waals surface area contributed by atoms with Crippen LogP contribution in [0.5, 0.6) is 11.5 Å². The number of ether oxygens (including phenoxy) is 2. The standard InChI is InChI=1S/C20H22N4O4/c1-23-18(14-7-5-4-6-8-14)22-24(20(23)26)12-11-21-19(25)16-10-9-15(27-2)13-17(16)28-3/h4-10,13H,11-12H2,1-3H3,(H,21,25). The van der Waals surface area contributed by atoms with Gasteiger partial charge in [0.1, 0.15) is 11.5 Å².